The maximum Gasteiger partial charge on any atom is 0.305 e. The fourth-order valence-electron chi connectivity index (χ4n) is 7.70. The van der Waals surface area contributed by atoms with Gasteiger partial charge in [-0.1, -0.05) is 109 Å². The molecule has 0 saturated carbocycles. The van der Waals surface area contributed by atoms with E-state index in [0.717, 1.165) is 127 Å². The van der Waals surface area contributed by atoms with Gasteiger partial charge in [-0.15, -0.1) is 0 Å². The third-order valence-electron chi connectivity index (χ3n) is 12.3. The Morgan fingerprint density at radius 1 is 0.651 bits per heavy atom. The molecule has 0 aliphatic carbocycles. The van der Waals surface area contributed by atoms with E-state index in [4.69, 9.17) is 14.2 Å². The van der Waals surface area contributed by atoms with Crippen LogP contribution in [0.2, 0.25) is 0 Å². The molecule has 2 N–H and O–H groups in total. The van der Waals surface area contributed by atoms with E-state index in [1.54, 1.807) is 10.8 Å². The van der Waals surface area contributed by atoms with Crippen LogP contribution in [0.5, 0.6) is 0 Å². The van der Waals surface area contributed by atoms with Crippen LogP contribution in [0.3, 0.4) is 0 Å². The molecule has 2 rings (SSSR count). The quantitative estimate of drug-likeness (QED) is 0.0280. The first kappa shape index (κ1) is 57.2. The first-order valence-corrected chi connectivity index (χ1v) is 27.2. The number of piperazine rings is 1. The van der Waals surface area contributed by atoms with Crippen LogP contribution in [-0.2, 0) is 28.6 Å². The second kappa shape index (κ2) is 38.2. The van der Waals surface area contributed by atoms with Gasteiger partial charge >= 0.3 is 17.9 Å². The number of hydrogen-bond acceptors (Lipinski definition) is 14. The van der Waals surface area contributed by atoms with Gasteiger partial charge < -0.3 is 29.3 Å². The molecule has 63 heavy (non-hydrogen) atoms. The normalized spacial score (nSPS) is 14.7. The maximum atomic E-state index is 12.7. The van der Waals surface area contributed by atoms with Gasteiger partial charge in [0.15, 0.2) is 0 Å². The fraction of sp³-hybridized carbons (Fsp3) is 0.837. The SMILES string of the molecule is CCC(CC)COC(=O)CCCCCCC(O)CN(CCCC(=O)OCCN1CCN(CCCCSSc2ccccn2)CC1)CC(O)CCCCCCC(=O)OCC(CC)CC. The second-order valence-electron chi connectivity index (χ2n) is 17.5. The van der Waals surface area contributed by atoms with E-state index < -0.39 is 12.2 Å². The topological polar surface area (TPSA) is 142 Å². The number of hydrogen-bond donors (Lipinski definition) is 2. The average molecular weight is 925 g/mol. The highest BCUT2D eigenvalue weighted by atomic mass is 33.1. The number of carbonyl (C=O) groups excluding carboxylic acids is 3. The number of unbranched alkanes of at least 4 members (excludes halogenated alkanes) is 7. The fourth-order valence-corrected chi connectivity index (χ4v) is 9.72. The molecule has 14 heteroatoms. The van der Waals surface area contributed by atoms with E-state index >= 15 is 0 Å². The van der Waals surface area contributed by atoms with Crippen molar-refractivity contribution in [3.8, 4) is 0 Å². The summed E-state index contributed by atoms with van der Waals surface area (Å²) < 4.78 is 16.5. The minimum atomic E-state index is -0.542. The van der Waals surface area contributed by atoms with Crippen molar-refractivity contribution in [2.24, 2.45) is 11.8 Å². The smallest absolute Gasteiger partial charge is 0.305 e. The molecular formula is C49H88N4O8S2. The molecule has 2 heterocycles. The molecule has 0 amide bonds. The zero-order valence-corrected chi connectivity index (χ0v) is 41.5. The van der Waals surface area contributed by atoms with Crippen LogP contribution in [0.1, 0.15) is 156 Å². The molecule has 1 saturated heterocycles. The summed E-state index contributed by atoms with van der Waals surface area (Å²) in [5, 5.41) is 23.1. The van der Waals surface area contributed by atoms with Crippen LogP contribution in [0, 0.1) is 11.8 Å². The number of aliphatic hydroxyl groups is 2. The first-order chi connectivity index (χ1) is 30.6. The summed E-state index contributed by atoms with van der Waals surface area (Å²) >= 11 is 0. The molecular weight excluding hydrogens is 837 g/mol. The lowest BCUT2D eigenvalue weighted by Gasteiger charge is -2.34. The number of nitrogens with zero attached hydrogens (tertiary/aromatic N) is 4. The van der Waals surface area contributed by atoms with Gasteiger partial charge in [-0.25, -0.2) is 4.98 Å². The standard InChI is InChI=1S/C49H88N4O8S2/c1-5-42(6-2)40-60-48(57)25-15-11-9-13-22-44(54)38-53(39-45(55)23-14-10-12-16-26-49(58)61-41-43(7-3)8-4)30-21-27-47(56)59-36-35-52-33-31-51(32-34-52)29-19-20-37-62-63-46-24-17-18-28-50-46/h17-18,24,28,42-45,54-55H,5-16,19-23,25-27,29-41H2,1-4H3. The van der Waals surface area contributed by atoms with Gasteiger partial charge in [-0.05, 0) is 92.8 Å². The Balaban J connectivity index is 1.65. The molecule has 2 atom stereocenters. The molecule has 0 spiro atoms. The Kier molecular flexibility index (Phi) is 34.7. The van der Waals surface area contributed by atoms with Crippen LogP contribution in [0.4, 0.5) is 0 Å². The van der Waals surface area contributed by atoms with Gasteiger partial charge in [0.1, 0.15) is 11.6 Å². The van der Waals surface area contributed by atoms with Crippen LogP contribution in [0.15, 0.2) is 29.4 Å². The zero-order chi connectivity index (χ0) is 45.8. The van der Waals surface area contributed by atoms with Crippen molar-refractivity contribution in [2.75, 3.05) is 84.5 Å². The van der Waals surface area contributed by atoms with Gasteiger partial charge in [0.25, 0.3) is 0 Å². The highest BCUT2D eigenvalue weighted by Gasteiger charge is 2.19. The highest BCUT2D eigenvalue weighted by Crippen LogP contribution is 2.29. The minimum absolute atomic E-state index is 0.120. The summed E-state index contributed by atoms with van der Waals surface area (Å²) in [7, 11) is 3.62. The number of aliphatic hydroxyl groups excluding tert-OH is 2. The molecule has 1 aromatic rings. The van der Waals surface area contributed by atoms with E-state index in [9.17, 15) is 24.6 Å². The summed E-state index contributed by atoms with van der Waals surface area (Å²) in [5.41, 5.74) is 0. The Hall–Kier alpha value is -1.94. The molecule has 1 aromatic heterocycles. The lowest BCUT2D eigenvalue weighted by Crippen LogP contribution is -2.47. The van der Waals surface area contributed by atoms with Crippen LogP contribution in [-0.4, -0.2) is 144 Å². The maximum absolute atomic E-state index is 12.7. The molecule has 2 unspecified atom stereocenters. The number of pyridine rings is 1. The van der Waals surface area contributed by atoms with E-state index in [-0.39, 0.29) is 17.9 Å². The van der Waals surface area contributed by atoms with Gasteiger partial charge in [0, 0.05) is 77.0 Å². The van der Waals surface area contributed by atoms with Gasteiger partial charge in [0.2, 0.25) is 0 Å². The Morgan fingerprint density at radius 3 is 1.68 bits per heavy atom. The van der Waals surface area contributed by atoms with Crippen molar-refractivity contribution >= 4 is 39.5 Å². The third-order valence-corrected chi connectivity index (χ3v) is 14.6. The van der Waals surface area contributed by atoms with Crippen LogP contribution < -0.4 is 0 Å². The number of carbonyl (C=O) groups is 3. The minimum Gasteiger partial charge on any atom is -0.465 e. The number of rotatable bonds is 40. The summed E-state index contributed by atoms with van der Waals surface area (Å²) in [4.78, 5) is 48.3. The predicted octanol–water partition coefficient (Wildman–Crippen LogP) is 9.21. The number of esters is 3. The molecule has 0 radical (unpaired) electrons. The molecule has 1 aliphatic rings. The van der Waals surface area contributed by atoms with Crippen molar-refractivity contribution in [3.63, 3.8) is 0 Å². The van der Waals surface area contributed by atoms with E-state index in [1.807, 2.05) is 35.2 Å². The Labute approximate surface area is 390 Å². The summed E-state index contributed by atoms with van der Waals surface area (Å²) in [6, 6.07) is 6.02. The van der Waals surface area contributed by atoms with Crippen molar-refractivity contribution in [1.29, 1.82) is 0 Å². The van der Waals surface area contributed by atoms with Crippen molar-refractivity contribution in [1.82, 2.24) is 19.7 Å². The van der Waals surface area contributed by atoms with Crippen LogP contribution in [0.25, 0.3) is 0 Å². The predicted molar refractivity (Wildman–Crippen MR) is 259 cm³/mol. The highest BCUT2D eigenvalue weighted by molar-refractivity contribution is 8.76. The summed E-state index contributed by atoms with van der Waals surface area (Å²) in [6.45, 7) is 17.3. The Bertz CT molecular complexity index is 1220. The molecule has 1 fully saturated rings. The van der Waals surface area contributed by atoms with Crippen molar-refractivity contribution in [3.05, 3.63) is 24.4 Å². The molecule has 0 aromatic carbocycles. The molecule has 1 aliphatic heterocycles. The average Bonchev–Trinajstić information content (AvgIpc) is 3.28. The summed E-state index contributed by atoms with van der Waals surface area (Å²) in [6.07, 6.45) is 17.3. The van der Waals surface area contributed by atoms with E-state index in [2.05, 4.69) is 47.4 Å². The van der Waals surface area contributed by atoms with Crippen molar-refractivity contribution < 1.29 is 38.8 Å². The molecule has 12 nitrogen and oxygen atoms in total. The van der Waals surface area contributed by atoms with Gasteiger partial charge in [0.05, 0.1) is 25.4 Å². The number of ether oxygens (including phenoxy) is 3. The monoisotopic (exact) mass is 925 g/mol. The largest absolute Gasteiger partial charge is 0.465 e. The summed E-state index contributed by atoms with van der Waals surface area (Å²) in [5.74, 6) is 1.55. The van der Waals surface area contributed by atoms with Crippen LogP contribution >= 0.6 is 21.6 Å². The Morgan fingerprint density at radius 2 is 1.16 bits per heavy atom. The second-order valence-corrected chi connectivity index (χ2v) is 19.9. The van der Waals surface area contributed by atoms with E-state index in [1.165, 1.54) is 12.8 Å². The van der Waals surface area contributed by atoms with Gasteiger partial charge in [-0.2, -0.15) is 0 Å². The number of aromatic nitrogens is 1. The lowest BCUT2D eigenvalue weighted by atomic mass is 10.1. The zero-order valence-electron chi connectivity index (χ0n) is 39.9. The third kappa shape index (κ3) is 30.8. The van der Waals surface area contributed by atoms with Crippen molar-refractivity contribution in [2.45, 2.75) is 173 Å². The first-order valence-electron chi connectivity index (χ1n) is 24.9. The van der Waals surface area contributed by atoms with E-state index in [0.29, 0.717) is 89.8 Å². The van der Waals surface area contributed by atoms with Gasteiger partial charge in [-0.3, -0.25) is 24.2 Å². The molecule has 0 bridgehead atoms. The lowest BCUT2D eigenvalue weighted by molar-refractivity contribution is -0.146. The molecule has 364 valence electrons.